The third-order valence-electron chi connectivity index (χ3n) is 4.13. The zero-order valence-electron chi connectivity index (χ0n) is 10.8. The van der Waals surface area contributed by atoms with E-state index in [2.05, 4.69) is 10.2 Å². The summed E-state index contributed by atoms with van der Waals surface area (Å²) in [5.41, 5.74) is 0.842. The van der Waals surface area contributed by atoms with E-state index >= 15 is 0 Å². The summed E-state index contributed by atoms with van der Waals surface area (Å²) in [6, 6.07) is 5.32. The molecule has 6 heteroatoms. The first-order valence-electron chi connectivity index (χ1n) is 6.50. The molecule has 2 fully saturated rings. The zero-order valence-corrected chi connectivity index (χ0v) is 10.8. The van der Waals surface area contributed by atoms with Crippen LogP contribution in [0, 0.1) is 16.0 Å². The van der Waals surface area contributed by atoms with E-state index in [4.69, 9.17) is 4.74 Å². The summed E-state index contributed by atoms with van der Waals surface area (Å²) in [4.78, 5) is 13.0. The number of methoxy groups -OCH3 is 1. The molecule has 0 aliphatic carbocycles. The third kappa shape index (κ3) is 2.02. The smallest absolute Gasteiger partial charge is 0.292 e. The van der Waals surface area contributed by atoms with Gasteiger partial charge in [-0.2, -0.15) is 0 Å². The maximum atomic E-state index is 11.2. The van der Waals surface area contributed by atoms with Crippen molar-refractivity contribution >= 4 is 11.4 Å². The molecule has 0 spiro atoms. The fraction of sp³-hybridized carbons (Fsp3) is 0.538. The first-order chi connectivity index (χ1) is 9.20. The number of nitro benzene ring substituents is 1. The highest BCUT2D eigenvalue weighted by atomic mass is 16.6. The van der Waals surface area contributed by atoms with Gasteiger partial charge in [0.25, 0.3) is 5.69 Å². The largest absolute Gasteiger partial charge is 0.497 e. The number of nitrogens with zero attached hydrogens (tertiary/aromatic N) is 2. The van der Waals surface area contributed by atoms with Crippen molar-refractivity contribution in [1.82, 2.24) is 5.32 Å². The molecule has 0 unspecified atom stereocenters. The van der Waals surface area contributed by atoms with Gasteiger partial charge in [-0.3, -0.25) is 10.1 Å². The summed E-state index contributed by atoms with van der Waals surface area (Å²) in [6.07, 6.45) is 1.09. The highest BCUT2D eigenvalue weighted by Crippen LogP contribution is 2.38. The molecule has 0 amide bonds. The number of nitrogens with one attached hydrogen (secondary N) is 1. The van der Waals surface area contributed by atoms with E-state index in [-0.39, 0.29) is 10.6 Å². The molecular weight excluding hydrogens is 246 g/mol. The molecular formula is C13H17N3O3. The van der Waals surface area contributed by atoms with Crippen LogP contribution >= 0.6 is 0 Å². The molecule has 2 heterocycles. The normalized spacial score (nSPS) is 25.4. The topological polar surface area (TPSA) is 67.6 Å². The Labute approximate surface area is 111 Å². The van der Waals surface area contributed by atoms with Crippen LogP contribution in [-0.4, -0.2) is 37.7 Å². The molecule has 2 saturated heterocycles. The lowest BCUT2D eigenvalue weighted by atomic mass is 10.0. The van der Waals surface area contributed by atoms with Crippen LogP contribution in [0.3, 0.4) is 0 Å². The van der Waals surface area contributed by atoms with Crippen LogP contribution < -0.4 is 15.0 Å². The summed E-state index contributed by atoms with van der Waals surface area (Å²) in [6.45, 7) is 2.79. The Kier molecular flexibility index (Phi) is 3.02. The zero-order chi connectivity index (χ0) is 13.4. The van der Waals surface area contributed by atoms with Gasteiger partial charge >= 0.3 is 0 Å². The predicted molar refractivity (Wildman–Crippen MR) is 71.8 cm³/mol. The lowest BCUT2D eigenvalue weighted by Gasteiger charge is -2.25. The maximum absolute atomic E-state index is 11.2. The fourth-order valence-corrected chi connectivity index (χ4v) is 3.16. The number of anilines is 1. The van der Waals surface area contributed by atoms with Crippen LogP contribution in [0.2, 0.25) is 0 Å². The maximum Gasteiger partial charge on any atom is 0.292 e. The van der Waals surface area contributed by atoms with Gasteiger partial charge in [0, 0.05) is 37.8 Å². The van der Waals surface area contributed by atoms with E-state index in [9.17, 15) is 10.1 Å². The van der Waals surface area contributed by atoms with Crippen molar-refractivity contribution in [1.29, 1.82) is 0 Å². The van der Waals surface area contributed by atoms with Crippen LogP contribution in [0.5, 0.6) is 5.75 Å². The van der Waals surface area contributed by atoms with Gasteiger partial charge in [0.2, 0.25) is 0 Å². The van der Waals surface area contributed by atoms with Gasteiger partial charge in [0.15, 0.2) is 0 Å². The van der Waals surface area contributed by atoms with Crippen LogP contribution in [-0.2, 0) is 0 Å². The van der Waals surface area contributed by atoms with Crippen molar-refractivity contribution in [2.45, 2.75) is 12.5 Å². The molecule has 19 heavy (non-hydrogen) atoms. The van der Waals surface area contributed by atoms with E-state index in [1.165, 1.54) is 6.07 Å². The van der Waals surface area contributed by atoms with Gasteiger partial charge in [0.05, 0.1) is 12.0 Å². The first-order valence-corrected chi connectivity index (χ1v) is 6.50. The van der Waals surface area contributed by atoms with Crippen molar-refractivity contribution in [2.75, 3.05) is 31.6 Å². The van der Waals surface area contributed by atoms with Crippen LogP contribution in [0.1, 0.15) is 6.42 Å². The van der Waals surface area contributed by atoms with E-state index in [0.717, 1.165) is 26.1 Å². The van der Waals surface area contributed by atoms with Crippen molar-refractivity contribution in [2.24, 2.45) is 5.92 Å². The van der Waals surface area contributed by atoms with Crippen LogP contribution in [0.25, 0.3) is 0 Å². The second kappa shape index (κ2) is 4.70. The Balaban J connectivity index is 2.00. The standard InChI is InChI=1S/C13H17N3O3/c1-19-10-2-3-11(16(17)18)12(6-10)15-5-4-9-7-14-8-13(9)15/h2-3,6,9,13-14H,4-5,7-8H2,1H3/t9-,13+/m0/s1. The number of ether oxygens (including phenoxy) is 1. The lowest BCUT2D eigenvalue weighted by molar-refractivity contribution is -0.384. The van der Waals surface area contributed by atoms with Crippen molar-refractivity contribution in [3.63, 3.8) is 0 Å². The first kappa shape index (κ1) is 12.2. The Morgan fingerprint density at radius 2 is 2.32 bits per heavy atom. The lowest BCUT2D eigenvalue weighted by Crippen LogP contribution is -2.34. The van der Waals surface area contributed by atoms with Crippen molar-refractivity contribution in [3.8, 4) is 5.75 Å². The molecule has 0 saturated carbocycles. The monoisotopic (exact) mass is 263 g/mol. The minimum atomic E-state index is -0.315. The summed E-state index contributed by atoms with van der Waals surface area (Å²) in [5, 5.41) is 14.6. The molecule has 2 aliphatic rings. The molecule has 0 bridgehead atoms. The minimum Gasteiger partial charge on any atom is -0.497 e. The molecule has 3 rings (SSSR count). The van der Waals surface area contributed by atoms with Gasteiger partial charge in [0.1, 0.15) is 11.4 Å². The molecule has 1 aromatic carbocycles. The Bertz CT molecular complexity index is 506. The van der Waals surface area contributed by atoms with Crippen molar-refractivity contribution in [3.05, 3.63) is 28.3 Å². The number of hydrogen-bond donors (Lipinski definition) is 1. The molecule has 1 aromatic rings. The van der Waals surface area contributed by atoms with E-state index in [1.54, 1.807) is 19.2 Å². The number of rotatable bonds is 3. The van der Waals surface area contributed by atoms with Crippen molar-refractivity contribution < 1.29 is 9.66 Å². The summed E-state index contributed by atoms with van der Waals surface area (Å²) >= 11 is 0. The van der Waals surface area contributed by atoms with Crippen LogP contribution in [0.15, 0.2) is 18.2 Å². The Morgan fingerprint density at radius 1 is 1.47 bits per heavy atom. The fourth-order valence-electron chi connectivity index (χ4n) is 3.16. The molecule has 6 nitrogen and oxygen atoms in total. The van der Waals surface area contributed by atoms with Gasteiger partial charge in [-0.15, -0.1) is 0 Å². The second-order valence-electron chi connectivity index (χ2n) is 5.08. The average Bonchev–Trinajstić information content (AvgIpc) is 3.00. The SMILES string of the molecule is COc1ccc([N+](=O)[O-])c(N2CC[C@H]3CNC[C@H]32)c1. The molecule has 102 valence electrons. The van der Waals surface area contributed by atoms with Gasteiger partial charge in [-0.05, 0) is 18.4 Å². The van der Waals surface area contributed by atoms with Crippen LogP contribution in [0.4, 0.5) is 11.4 Å². The minimum absolute atomic E-state index is 0.161. The Hall–Kier alpha value is -1.82. The predicted octanol–water partition coefficient (Wildman–Crippen LogP) is 1.40. The number of nitro groups is 1. The number of benzene rings is 1. The third-order valence-corrected chi connectivity index (χ3v) is 4.13. The van der Waals surface area contributed by atoms with E-state index in [1.807, 2.05) is 0 Å². The number of fused-ring (bicyclic) bond motifs is 1. The molecule has 0 radical (unpaired) electrons. The summed E-state index contributed by atoms with van der Waals surface area (Å²) in [5.74, 6) is 1.26. The molecule has 2 atom stereocenters. The van der Waals surface area contributed by atoms with Gasteiger partial charge in [-0.25, -0.2) is 0 Å². The van der Waals surface area contributed by atoms with Gasteiger partial charge < -0.3 is 15.0 Å². The van der Waals surface area contributed by atoms with Gasteiger partial charge in [-0.1, -0.05) is 0 Å². The van der Waals surface area contributed by atoms with E-state index in [0.29, 0.717) is 23.4 Å². The highest BCUT2D eigenvalue weighted by molar-refractivity contribution is 5.67. The molecule has 1 N–H and O–H groups in total. The summed E-state index contributed by atoms with van der Waals surface area (Å²) in [7, 11) is 1.58. The quantitative estimate of drug-likeness (QED) is 0.659. The van der Waals surface area contributed by atoms with E-state index < -0.39 is 0 Å². The Morgan fingerprint density at radius 3 is 3.05 bits per heavy atom. The molecule has 0 aromatic heterocycles. The summed E-state index contributed by atoms with van der Waals surface area (Å²) < 4.78 is 5.20. The number of hydrogen-bond acceptors (Lipinski definition) is 5. The second-order valence-corrected chi connectivity index (χ2v) is 5.08. The highest BCUT2D eigenvalue weighted by Gasteiger charge is 2.39. The average molecular weight is 263 g/mol. The molecule has 2 aliphatic heterocycles.